The third-order valence-electron chi connectivity index (χ3n) is 10.2. The number of fused-ring (bicyclic) bond motifs is 2. The van der Waals surface area contributed by atoms with Crippen molar-refractivity contribution in [1.82, 2.24) is 0 Å². The van der Waals surface area contributed by atoms with Crippen LogP contribution in [0.25, 0.3) is 0 Å². The van der Waals surface area contributed by atoms with Crippen LogP contribution in [-0.4, -0.2) is 65.6 Å². The molecular weight excluding hydrogens is 516 g/mol. The summed E-state index contributed by atoms with van der Waals surface area (Å²) in [5, 5.41) is 10.5. The summed E-state index contributed by atoms with van der Waals surface area (Å²) < 4.78 is 31.1. The maximum Gasteiger partial charge on any atom is 0.308 e. The second-order valence-corrected chi connectivity index (χ2v) is 13.2. The van der Waals surface area contributed by atoms with Gasteiger partial charge in [-0.15, -0.1) is 6.58 Å². The van der Waals surface area contributed by atoms with Crippen molar-refractivity contribution in [3.05, 3.63) is 12.7 Å². The number of unbranched alkanes of at least 4 members (excludes halogenated alkanes) is 2. The maximum absolute atomic E-state index is 13.4. The normalized spacial score (nSPS) is 47.1. The van der Waals surface area contributed by atoms with E-state index in [2.05, 4.69) is 20.4 Å². The van der Waals surface area contributed by atoms with Gasteiger partial charge in [0.2, 0.25) is 5.79 Å². The number of rotatable bonds is 10. The predicted molar refractivity (Wildman–Crippen MR) is 145 cm³/mol. The molecule has 2 bridgehead atoms. The zero-order valence-electron chi connectivity index (χ0n) is 24.9. The molecule has 6 fully saturated rings. The van der Waals surface area contributed by atoms with Crippen LogP contribution in [-0.2, 0) is 38.3 Å². The Kier molecular flexibility index (Phi) is 9.32. The molecule has 5 heterocycles. The number of hydrogen-bond donors (Lipinski definition) is 1. The van der Waals surface area contributed by atoms with Crippen molar-refractivity contribution >= 4 is 5.97 Å². The zero-order chi connectivity index (χ0) is 28.7. The quantitative estimate of drug-likeness (QED) is 0.166. The number of aliphatic hydroxyl groups is 1. The van der Waals surface area contributed by atoms with Gasteiger partial charge in [-0.1, -0.05) is 26.3 Å². The van der Waals surface area contributed by atoms with Crippen molar-refractivity contribution < 1.29 is 43.4 Å². The third kappa shape index (κ3) is 5.90. The zero-order valence-corrected chi connectivity index (χ0v) is 24.9. The molecule has 0 aromatic carbocycles. The van der Waals surface area contributed by atoms with E-state index in [1.807, 2.05) is 26.8 Å². The van der Waals surface area contributed by atoms with Crippen LogP contribution < -0.4 is 0 Å². The summed E-state index contributed by atoms with van der Waals surface area (Å²) in [6, 6.07) is 0. The molecule has 6 rings (SSSR count). The summed E-state index contributed by atoms with van der Waals surface area (Å²) in [6.07, 6.45) is 6.35. The number of ether oxygens (including phenoxy) is 5. The summed E-state index contributed by atoms with van der Waals surface area (Å²) in [5.41, 5.74) is -0.661. The first-order valence-corrected chi connectivity index (χ1v) is 15.6. The van der Waals surface area contributed by atoms with Crippen molar-refractivity contribution in [1.29, 1.82) is 0 Å². The van der Waals surface area contributed by atoms with Gasteiger partial charge in [0.25, 0.3) is 0 Å². The van der Waals surface area contributed by atoms with Crippen LogP contribution in [0.3, 0.4) is 0 Å². The van der Waals surface area contributed by atoms with Crippen molar-refractivity contribution in [3.8, 4) is 0 Å². The first-order chi connectivity index (χ1) is 19.1. The van der Waals surface area contributed by atoms with Crippen LogP contribution >= 0.6 is 0 Å². The summed E-state index contributed by atoms with van der Waals surface area (Å²) in [6.45, 7) is 13.9. The van der Waals surface area contributed by atoms with E-state index in [1.165, 1.54) is 0 Å². The number of carbonyl (C=O) groups is 1. The molecule has 1 N–H and O–H groups in total. The average molecular weight is 567 g/mol. The topological polar surface area (TPSA) is 102 Å². The van der Waals surface area contributed by atoms with E-state index >= 15 is 0 Å². The molecule has 0 radical (unpaired) electrons. The van der Waals surface area contributed by atoms with Crippen LogP contribution in [0.15, 0.2) is 12.7 Å². The van der Waals surface area contributed by atoms with E-state index in [9.17, 15) is 9.90 Å². The molecule has 1 aliphatic carbocycles. The lowest BCUT2D eigenvalue weighted by Gasteiger charge is -2.60. The van der Waals surface area contributed by atoms with Gasteiger partial charge in [-0.2, -0.15) is 0 Å². The van der Waals surface area contributed by atoms with Gasteiger partial charge < -0.3 is 28.8 Å². The van der Waals surface area contributed by atoms with E-state index in [-0.39, 0.29) is 42.8 Å². The van der Waals surface area contributed by atoms with Crippen LogP contribution in [0.5, 0.6) is 0 Å². The summed E-state index contributed by atoms with van der Waals surface area (Å²) in [5.74, 6) is -0.308. The molecule has 0 amide bonds. The number of aliphatic hydroxyl groups excluding tert-OH is 1. The smallest absolute Gasteiger partial charge is 0.308 e. The monoisotopic (exact) mass is 566 g/mol. The van der Waals surface area contributed by atoms with Gasteiger partial charge >= 0.3 is 5.97 Å². The van der Waals surface area contributed by atoms with Gasteiger partial charge in [-0.25, -0.2) is 9.78 Å². The fourth-order valence-electron chi connectivity index (χ4n) is 7.76. The molecule has 13 atom stereocenters. The van der Waals surface area contributed by atoms with E-state index in [0.717, 1.165) is 51.4 Å². The molecule has 5 aliphatic heterocycles. The highest BCUT2D eigenvalue weighted by Gasteiger charge is 2.69. The van der Waals surface area contributed by atoms with E-state index in [0.29, 0.717) is 5.92 Å². The van der Waals surface area contributed by atoms with Crippen LogP contribution in [0.4, 0.5) is 0 Å². The van der Waals surface area contributed by atoms with Gasteiger partial charge in [-0.05, 0) is 77.0 Å². The van der Waals surface area contributed by atoms with Gasteiger partial charge in [-0.3, -0.25) is 4.79 Å². The van der Waals surface area contributed by atoms with Crippen molar-refractivity contribution in [3.63, 3.8) is 0 Å². The third-order valence-corrected chi connectivity index (χ3v) is 10.2. The molecule has 40 heavy (non-hydrogen) atoms. The van der Waals surface area contributed by atoms with Crippen molar-refractivity contribution in [2.24, 2.45) is 23.7 Å². The van der Waals surface area contributed by atoms with Crippen molar-refractivity contribution in [2.75, 3.05) is 0 Å². The summed E-state index contributed by atoms with van der Waals surface area (Å²) in [4.78, 5) is 25.5. The van der Waals surface area contributed by atoms with E-state index in [1.54, 1.807) is 0 Å². The fraction of sp³-hybridized carbons (Fsp3) is 0.903. The van der Waals surface area contributed by atoms with Crippen LogP contribution in [0.1, 0.15) is 98.8 Å². The highest BCUT2D eigenvalue weighted by molar-refractivity contribution is 5.70. The Labute approximate surface area is 239 Å². The summed E-state index contributed by atoms with van der Waals surface area (Å²) >= 11 is 0. The fourth-order valence-corrected chi connectivity index (χ4v) is 7.76. The molecule has 9 nitrogen and oxygen atoms in total. The van der Waals surface area contributed by atoms with Gasteiger partial charge in [0.1, 0.15) is 0 Å². The lowest BCUT2D eigenvalue weighted by Crippen LogP contribution is -2.70. The maximum atomic E-state index is 13.4. The molecule has 0 aromatic heterocycles. The van der Waals surface area contributed by atoms with Crippen LogP contribution in [0.2, 0.25) is 0 Å². The van der Waals surface area contributed by atoms with Crippen molar-refractivity contribution in [2.45, 2.75) is 153 Å². The Bertz CT molecular complexity index is 898. The Morgan fingerprint density at radius 3 is 2.70 bits per heavy atom. The van der Waals surface area contributed by atoms with E-state index in [4.69, 9.17) is 33.5 Å². The lowest BCUT2D eigenvalue weighted by atomic mass is 9.57. The van der Waals surface area contributed by atoms with E-state index < -0.39 is 48.2 Å². The largest absolute Gasteiger partial charge is 0.457 e. The molecule has 5 saturated heterocycles. The molecule has 1 unspecified atom stereocenters. The Morgan fingerprint density at radius 1 is 1.12 bits per heavy atom. The second kappa shape index (κ2) is 12.3. The average Bonchev–Trinajstić information content (AvgIpc) is 3.13. The minimum atomic E-state index is -0.859. The number of hydrogen-bond acceptors (Lipinski definition) is 9. The number of esters is 1. The Hall–Kier alpha value is -1.07. The predicted octanol–water partition coefficient (Wildman–Crippen LogP) is 5.19. The molecule has 9 heteroatoms. The molecule has 1 spiro atoms. The molecule has 0 aromatic rings. The number of carbonyl (C=O) groups excluding carboxylic acids is 1. The lowest BCUT2D eigenvalue weighted by molar-refractivity contribution is -0.571. The first-order valence-electron chi connectivity index (χ1n) is 15.6. The molecule has 228 valence electrons. The molecule has 6 aliphatic rings. The Balaban J connectivity index is 1.24. The second-order valence-electron chi connectivity index (χ2n) is 13.2. The minimum Gasteiger partial charge on any atom is -0.457 e. The van der Waals surface area contributed by atoms with Gasteiger partial charge in [0, 0.05) is 18.8 Å². The minimum absolute atomic E-state index is 0.0457. The molecule has 1 saturated carbocycles. The highest BCUT2D eigenvalue weighted by atomic mass is 17.3. The standard InChI is InChI=1S/C31H50O9/c1-7-8-9-10-11-19(3)34-28-26(16-24(32)21(5)35-28)36-27(33)17-25-20(4)23-13-12-18(2)22-14-15-30(6)38-29(37-25)31(22,23)40-39-30/h7,18-26,28-29,32H,1,8-17H2,2-6H3/t18-,19-,20-,21+,22+,23?,24-,25-,26-,28-,29-,30+,31-/m1/s1. The Morgan fingerprint density at radius 2 is 1.93 bits per heavy atom. The van der Waals surface area contributed by atoms with Gasteiger partial charge in [0.15, 0.2) is 24.3 Å². The number of allylic oxidation sites excluding steroid dienone is 1. The first kappa shape index (κ1) is 30.4. The van der Waals surface area contributed by atoms with Crippen LogP contribution in [0, 0.1) is 23.7 Å². The molecular formula is C31H50O9. The SMILES string of the molecule is C=CCCCC[C@@H](C)O[C@@H]1O[C@@H](C)[C@H](O)C[C@H]1OC(=O)C[C@H]1O[C@@H]2O[C@]3(C)CC[C@H]4[C@H](C)CCC([C@H]1C)[C@@]24OO3. The summed E-state index contributed by atoms with van der Waals surface area (Å²) in [7, 11) is 0. The highest BCUT2D eigenvalue weighted by Crippen LogP contribution is 2.60. The van der Waals surface area contributed by atoms with Gasteiger partial charge in [0.05, 0.1) is 30.8 Å².